The third-order valence-corrected chi connectivity index (χ3v) is 5.13. The standard InChI is InChI=1S/C23H31NO5/c1-16(25)18-7-8-19(22(12-18)26-2)15-29-21-9-6-17(11-23(21)27-3)13-24-14-20-5-4-10-28-20/h6-9,11-12,16,20,24-25H,4-5,10,13-15H2,1-3H3/t16-,20+/m1/s1. The molecule has 2 aromatic carbocycles. The second-order valence-corrected chi connectivity index (χ2v) is 7.29. The van der Waals surface area contributed by atoms with Crippen LogP contribution in [0.2, 0.25) is 0 Å². The highest BCUT2D eigenvalue weighted by atomic mass is 16.5. The Morgan fingerprint density at radius 2 is 1.93 bits per heavy atom. The van der Waals surface area contributed by atoms with Crippen LogP contribution in [0.5, 0.6) is 17.2 Å². The molecule has 1 fully saturated rings. The van der Waals surface area contributed by atoms with Gasteiger partial charge in [0.1, 0.15) is 12.4 Å². The minimum Gasteiger partial charge on any atom is -0.496 e. The molecule has 0 spiro atoms. The van der Waals surface area contributed by atoms with Crippen molar-refractivity contribution in [1.82, 2.24) is 5.32 Å². The average Bonchev–Trinajstić information content (AvgIpc) is 3.26. The van der Waals surface area contributed by atoms with Gasteiger partial charge in [-0.25, -0.2) is 0 Å². The first-order valence-corrected chi connectivity index (χ1v) is 10.1. The van der Waals surface area contributed by atoms with Crippen molar-refractivity contribution in [3.05, 3.63) is 53.1 Å². The zero-order chi connectivity index (χ0) is 20.6. The third-order valence-electron chi connectivity index (χ3n) is 5.13. The molecular weight excluding hydrogens is 370 g/mol. The second kappa shape index (κ2) is 10.5. The molecule has 0 saturated carbocycles. The lowest BCUT2D eigenvalue weighted by Gasteiger charge is -2.16. The molecule has 2 N–H and O–H groups in total. The predicted molar refractivity (Wildman–Crippen MR) is 112 cm³/mol. The van der Waals surface area contributed by atoms with E-state index in [4.69, 9.17) is 18.9 Å². The highest BCUT2D eigenvalue weighted by molar-refractivity contribution is 5.44. The molecule has 1 aliphatic rings. The van der Waals surface area contributed by atoms with Crippen LogP contribution in [0, 0.1) is 0 Å². The summed E-state index contributed by atoms with van der Waals surface area (Å²) in [6, 6.07) is 11.6. The first kappa shape index (κ1) is 21.4. The van der Waals surface area contributed by atoms with E-state index in [-0.39, 0.29) is 0 Å². The Hall–Kier alpha value is -2.28. The molecule has 6 nitrogen and oxygen atoms in total. The molecule has 158 valence electrons. The van der Waals surface area contributed by atoms with Crippen molar-refractivity contribution in [3.63, 3.8) is 0 Å². The smallest absolute Gasteiger partial charge is 0.161 e. The van der Waals surface area contributed by atoms with Gasteiger partial charge in [0, 0.05) is 25.3 Å². The fourth-order valence-corrected chi connectivity index (χ4v) is 3.42. The van der Waals surface area contributed by atoms with Crippen LogP contribution in [0.15, 0.2) is 36.4 Å². The van der Waals surface area contributed by atoms with E-state index >= 15 is 0 Å². The van der Waals surface area contributed by atoms with Gasteiger partial charge in [-0.15, -0.1) is 0 Å². The van der Waals surface area contributed by atoms with Gasteiger partial charge in [-0.2, -0.15) is 0 Å². The number of methoxy groups -OCH3 is 2. The summed E-state index contributed by atoms with van der Waals surface area (Å²) in [5.41, 5.74) is 2.84. The maximum absolute atomic E-state index is 9.74. The van der Waals surface area contributed by atoms with Crippen LogP contribution in [-0.4, -0.2) is 38.6 Å². The summed E-state index contributed by atoms with van der Waals surface area (Å²) in [4.78, 5) is 0. The van der Waals surface area contributed by atoms with Crippen LogP contribution in [0.4, 0.5) is 0 Å². The average molecular weight is 402 g/mol. The number of aliphatic hydroxyl groups excluding tert-OH is 1. The molecule has 0 amide bonds. The van der Waals surface area contributed by atoms with E-state index in [2.05, 4.69) is 5.32 Å². The monoisotopic (exact) mass is 401 g/mol. The van der Waals surface area contributed by atoms with E-state index in [9.17, 15) is 5.11 Å². The Bertz CT molecular complexity index is 787. The van der Waals surface area contributed by atoms with Gasteiger partial charge in [0.25, 0.3) is 0 Å². The van der Waals surface area contributed by atoms with Crippen molar-refractivity contribution in [2.75, 3.05) is 27.4 Å². The molecule has 0 aromatic heterocycles. The quantitative estimate of drug-likeness (QED) is 0.634. The summed E-state index contributed by atoms with van der Waals surface area (Å²) in [7, 11) is 3.26. The van der Waals surface area contributed by atoms with Crippen LogP contribution >= 0.6 is 0 Å². The molecule has 1 saturated heterocycles. The largest absolute Gasteiger partial charge is 0.496 e. The summed E-state index contributed by atoms with van der Waals surface area (Å²) in [6.45, 7) is 4.57. The Labute approximate surface area is 172 Å². The first-order valence-electron chi connectivity index (χ1n) is 10.1. The molecule has 0 bridgehead atoms. The molecule has 0 unspecified atom stereocenters. The molecule has 2 aromatic rings. The van der Waals surface area contributed by atoms with E-state index in [1.165, 1.54) is 0 Å². The maximum Gasteiger partial charge on any atom is 0.161 e. The first-order chi connectivity index (χ1) is 14.1. The fourth-order valence-electron chi connectivity index (χ4n) is 3.42. The molecule has 6 heteroatoms. The summed E-state index contributed by atoms with van der Waals surface area (Å²) in [6.07, 6.45) is 2.07. The number of benzene rings is 2. The number of hydrogen-bond acceptors (Lipinski definition) is 6. The SMILES string of the molecule is COc1cc([C@@H](C)O)ccc1COc1ccc(CNC[C@@H]2CCCO2)cc1OC. The van der Waals surface area contributed by atoms with Crippen LogP contribution in [0.3, 0.4) is 0 Å². The molecule has 2 atom stereocenters. The predicted octanol–water partition coefficient (Wildman–Crippen LogP) is 3.60. The van der Waals surface area contributed by atoms with Crippen molar-refractivity contribution in [2.45, 2.75) is 45.1 Å². The zero-order valence-electron chi connectivity index (χ0n) is 17.4. The molecule has 29 heavy (non-hydrogen) atoms. The van der Waals surface area contributed by atoms with Gasteiger partial charge in [-0.05, 0) is 49.1 Å². The molecule has 0 aliphatic carbocycles. The molecule has 1 heterocycles. The van der Waals surface area contributed by atoms with E-state index in [0.29, 0.717) is 30.0 Å². The Morgan fingerprint density at radius 1 is 1.10 bits per heavy atom. The third kappa shape index (κ3) is 5.85. The molecular formula is C23H31NO5. The van der Waals surface area contributed by atoms with Crippen molar-refractivity contribution in [2.24, 2.45) is 0 Å². The molecule has 1 aliphatic heterocycles. The number of hydrogen-bond donors (Lipinski definition) is 2. The molecule has 3 rings (SSSR count). The Morgan fingerprint density at radius 3 is 2.62 bits per heavy atom. The maximum atomic E-state index is 9.74. The summed E-state index contributed by atoms with van der Waals surface area (Å²) >= 11 is 0. The number of nitrogens with one attached hydrogen (secondary N) is 1. The van der Waals surface area contributed by atoms with E-state index in [1.807, 2.05) is 36.4 Å². The lowest BCUT2D eigenvalue weighted by atomic mass is 10.1. The summed E-state index contributed by atoms with van der Waals surface area (Å²) in [5.74, 6) is 2.07. The summed E-state index contributed by atoms with van der Waals surface area (Å²) in [5, 5.41) is 13.2. The van der Waals surface area contributed by atoms with E-state index in [0.717, 1.165) is 49.2 Å². The van der Waals surface area contributed by atoms with Crippen LogP contribution in [0.1, 0.15) is 42.6 Å². The van der Waals surface area contributed by atoms with Gasteiger partial charge in [-0.1, -0.05) is 18.2 Å². The summed E-state index contributed by atoms with van der Waals surface area (Å²) < 4.78 is 22.6. The second-order valence-electron chi connectivity index (χ2n) is 7.29. The van der Waals surface area contributed by atoms with E-state index < -0.39 is 6.10 Å². The van der Waals surface area contributed by atoms with Crippen LogP contribution < -0.4 is 19.5 Å². The van der Waals surface area contributed by atoms with Gasteiger partial charge in [0.15, 0.2) is 11.5 Å². The molecule has 0 radical (unpaired) electrons. The zero-order valence-corrected chi connectivity index (χ0v) is 17.4. The fraction of sp³-hybridized carbons (Fsp3) is 0.478. The van der Waals surface area contributed by atoms with Gasteiger partial charge in [0.05, 0.1) is 26.4 Å². The Balaban J connectivity index is 1.60. The number of rotatable bonds is 10. The highest BCUT2D eigenvalue weighted by Gasteiger charge is 2.15. The number of ether oxygens (including phenoxy) is 4. The lowest BCUT2D eigenvalue weighted by Crippen LogP contribution is -2.25. The minimum absolute atomic E-state index is 0.328. The van der Waals surface area contributed by atoms with Gasteiger partial charge >= 0.3 is 0 Å². The van der Waals surface area contributed by atoms with Gasteiger partial charge in [0.2, 0.25) is 0 Å². The van der Waals surface area contributed by atoms with E-state index in [1.54, 1.807) is 21.1 Å². The van der Waals surface area contributed by atoms with Crippen molar-refractivity contribution >= 4 is 0 Å². The van der Waals surface area contributed by atoms with Gasteiger partial charge in [-0.3, -0.25) is 0 Å². The number of aliphatic hydroxyl groups is 1. The van der Waals surface area contributed by atoms with Crippen LogP contribution in [-0.2, 0) is 17.9 Å². The van der Waals surface area contributed by atoms with Crippen molar-refractivity contribution in [3.8, 4) is 17.2 Å². The normalized spacial score (nSPS) is 17.2. The highest BCUT2D eigenvalue weighted by Crippen LogP contribution is 2.31. The lowest BCUT2D eigenvalue weighted by molar-refractivity contribution is 0.110. The van der Waals surface area contributed by atoms with Crippen molar-refractivity contribution in [1.29, 1.82) is 0 Å². The topological polar surface area (TPSA) is 69.2 Å². The Kier molecular flexibility index (Phi) is 7.75. The minimum atomic E-state index is -0.541. The van der Waals surface area contributed by atoms with Gasteiger partial charge < -0.3 is 29.4 Å². The van der Waals surface area contributed by atoms with Crippen molar-refractivity contribution < 1.29 is 24.1 Å². The van der Waals surface area contributed by atoms with Crippen LogP contribution in [0.25, 0.3) is 0 Å².